The zero-order chi connectivity index (χ0) is 19.8. The Morgan fingerprint density at radius 2 is 2.00 bits per heavy atom. The zero-order valence-corrected chi connectivity index (χ0v) is 17.5. The summed E-state index contributed by atoms with van der Waals surface area (Å²) in [5.41, 5.74) is 1.78. The fourth-order valence-corrected chi connectivity index (χ4v) is 4.78. The van der Waals surface area contributed by atoms with Crippen LogP contribution in [0.25, 0.3) is 11.7 Å². The number of aryl methyl sites for hydroxylation is 1. The van der Waals surface area contributed by atoms with E-state index in [0.29, 0.717) is 32.3 Å². The van der Waals surface area contributed by atoms with Gasteiger partial charge in [0.15, 0.2) is 0 Å². The highest BCUT2D eigenvalue weighted by Gasteiger charge is 2.30. The Bertz CT molecular complexity index is 1050. The molecule has 6 nitrogen and oxygen atoms in total. The summed E-state index contributed by atoms with van der Waals surface area (Å²) in [5.74, 6) is 0.356. The van der Waals surface area contributed by atoms with Crippen molar-refractivity contribution in [3.05, 3.63) is 44.7 Å². The molecule has 1 aliphatic carbocycles. The van der Waals surface area contributed by atoms with Gasteiger partial charge < -0.3 is 5.32 Å². The molecule has 0 spiro atoms. The molecule has 1 N–H and O–H groups in total. The number of nitrogens with one attached hydrogen (secondary N) is 1. The molecule has 2 fully saturated rings. The molecule has 1 saturated carbocycles. The van der Waals surface area contributed by atoms with Crippen LogP contribution in [0.2, 0.25) is 0 Å². The van der Waals surface area contributed by atoms with Crippen LogP contribution < -0.4 is 10.9 Å². The van der Waals surface area contributed by atoms with Crippen molar-refractivity contribution < 1.29 is 4.79 Å². The van der Waals surface area contributed by atoms with E-state index in [0.717, 1.165) is 18.4 Å². The fourth-order valence-electron chi connectivity index (χ4n) is 3.62. The normalized spacial score (nSPS) is 19.8. The predicted molar refractivity (Wildman–Crippen MR) is 118 cm³/mol. The highest BCUT2D eigenvalue weighted by Crippen LogP contribution is 2.32. The van der Waals surface area contributed by atoms with Gasteiger partial charge in [0.2, 0.25) is 0 Å². The summed E-state index contributed by atoms with van der Waals surface area (Å²) in [4.78, 5) is 32.3. The van der Waals surface area contributed by atoms with E-state index >= 15 is 0 Å². The number of hydrogen-bond donors (Lipinski definition) is 1. The molecule has 1 amide bonds. The van der Waals surface area contributed by atoms with Crippen LogP contribution in [0, 0.1) is 6.92 Å². The minimum atomic E-state index is -0.188. The van der Waals surface area contributed by atoms with Gasteiger partial charge in [-0.15, -0.1) is 0 Å². The van der Waals surface area contributed by atoms with Gasteiger partial charge in [-0.3, -0.25) is 18.9 Å². The molecule has 4 rings (SSSR count). The van der Waals surface area contributed by atoms with Gasteiger partial charge in [0, 0.05) is 19.3 Å². The minimum absolute atomic E-state index is 0.187. The largest absolute Gasteiger partial charge is 0.367 e. The molecule has 0 unspecified atom stereocenters. The number of carbonyl (C=O) groups excluding carboxylic acids is 1. The Balaban J connectivity index is 1.85. The molecule has 8 heteroatoms. The summed E-state index contributed by atoms with van der Waals surface area (Å²) in [6, 6.07) is 4.08. The van der Waals surface area contributed by atoms with Crippen LogP contribution in [0.1, 0.15) is 43.2 Å². The Morgan fingerprint density at radius 1 is 1.25 bits per heavy atom. The van der Waals surface area contributed by atoms with Crippen molar-refractivity contribution in [2.75, 3.05) is 12.4 Å². The van der Waals surface area contributed by atoms with Crippen LogP contribution in [0.3, 0.4) is 0 Å². The molecule has 3 heterocycles. The molecule has 1 saturated heterocycles. The number of aromatic nitrogens is 2. The van der Waals surface area contributed by atoms with Crippen LogP contribution in [0.4, 0.5) is 5.82 Å². The Hall–Kier alpha value is -2.19. The number of anilines is 1. The molecular weight excluding hydrogens is 392 g/mol. The first kappa shape index (κ1) is 19.1. The number of thiocarbonyl (C=S) groups is 1. The van der Waals surface area contributed by atoms with E-state index in [9.17, 15) is 9.59 Å². The van der Waals surface area contributed by atoms with E-state index < -0.39 is 0 Å². The van der Waals surface area contributed by atoms with Crippen molar-refractivity contribution >= 4 is 51.7 Å². The quantitative estimate of drug-likeness (QED) is 0.612. The van der Waals surface area contributed by atoms with E-state index in [4.69, 9.17) is 17.2 Å². The number of likely N-dealkylation sites (N-methyl/N-ethyl adjacent to an activating group) is 1. The highest BCUT2D eigenvalue weighted by molar-refractivity contribution is 8.26. The summed E-state index contributed by atoms with van der Waals surface area (Å²) < 4.78 is 2.03. The number of carbonyl (C=O) groups is 1. The van der Waals surface area contributed by atoms with Crippen molar-refractivity contribution in [3.63, 3.8) is 0 Å². The van der Waals surface area contributed by atoms with Gasteiger partial charge >= 0.3 is 0 Å². The van der Waals surface area contributed by atoms with Crippen LogP contribution >= 0.6 is 24.0 Å². The van der Waals surface area contributed by atoms with Crippen molar-refractivity contribution in [1.29, 1.82) is 0 Å². The molecule has 2 aromatic rings. The maximum atomic E-state index is 13.3. The molecule has 146 valence electrons. The fraction of sp³-hybridized carbons (Fsp3) is 0.400. The van der Waals surface area contributed by atoms with Gasteiger partial charge in [0.1, 0.15) is 15.8 Å². The van der Waals surface area contributed by atoms with Crippen LogP contribution in [0.5, 0.6) is 0 Å². The van der Waals surface area contributed by atoms with Crippen molar-refractivity contribution in [3.8, 4) is 0 Å². The molecule has 1 aliphatic heterocycles. The highest BCUT2D eigenvalue weighted by atomic mass is 32.2. The van der Waals surface area contributed by atoms with Crippen LogP contribution in [-0.2, 0) is 4.79 Å². The lowest BCUT2D eigenvalue weighted by Crippen LogP contribution is -2.27. The molecule has 0 bridgehead atoms. The first-order valence-electron chi connectivity index (χ1n) is 9.45. The first-order valence-corrected chi connectivity index (χ1v) is 10.7. The average Bonchev–Trinajstić information content (AvgIpc) is 2.93. The van der Waals surface area contributed by atoms with Gasteiger partial charge in [0.25, 0.3) is 11.5 Å². The number of pyridine rings is 1. The molecule has 0 aromatic carbocycles. The first-order chi connectivity index (χ1) is 13.4. The number of amides is 1. The number of fused-ring (bicyclic) bond motifs is 1. The summed E-state index contributed by atoms with van der Waals surface area (Å²) in [6.45, 7) is 1.93. The monoisotopic (exact) mass is 414 g/mol. The lowest BCUT2D eigenvalue weighted by molar-refractivity contribution is -0.121. The van der Waals surface area contributed by atoms with Gasteiger partial charge in [0.05, 0.1) is 10.5 Å². The maximum absolute atomic E-state index is 13.3. The smallest absolute Gasteiger partial charge is 0.267 e. The molecular formula is C20H22N4O2S2. The predicted octanol–water partition coefficient (Wildman–Crippen LogP) is 3.58. The summed E-state index contributed by atoms with van der Waals surface area (Å²) >= 11 is 6.43. The van der Waals surface area contributed by atoms with E-state index in [-0.39, 0.29) is 11.5 Å². The standard InChI is InChI=1S/C20H22N4O2S2/c1-12-8-9-16-22-17(21-13-6-4-3-5-7-13)14(18(25)24(16)11-12)10-15-19(26)23(2)20(27)28-15/h8-11,13,21H,3-7H2,1-2H3. The Labute approximate surface area is 173 Å². The van der Waals surface area contributed by atoms with Gasteiger partial charge in [-0.1, -0.05) is 49.3 Å². The van der Waals surface area contributed by atoms with Crippen molar-refractivity contribution in [2.24, 2.45) is 0 Å². The lowest BCUT2D eigenvalue weighted by Gasteiger charge is -2.24. The second kappa shape index (κ2) is 7.67. The third-order valence-electron chi connectivity index (χ3n) is 5.21. The SMILES string of the molecule is Cc1ccc2nc(NC3CCCCC3)c(C=C3SC(=S)N(C)C3=O)c(=O)n2c1. The zero-order valence-electron chi connectivity index (χ0n) is 15.9. The average molecular weight is 415 g/mol. The molecule has 0 atom stereocenters. The van der Waals surface area contributed by atoms with Gasteiger partial charge in [-0.2, -0.15) is 0 Å². The van der Waals surface area contributed by atoms with Crippen LogP contribution in [-0.4, -0.2) is 37.6 Å². The Kier molecular flexibility index (Phi) is 5.25. The van der Waals surface area contributed by atoms with Crippen molar-refractivity contribution in [2.45, 2.75) is 45.1 Å². The maximum Gasteiger partial charge on any atom is 0.267 e. The minimum Gasteiger partial charge on any atom is -0.367 e. The van der Waals surface area contributed by atoms with E-state index in [2.05, 4.69) is 5.32 Å². The summed E-state index contributed by atoms with van der Waals surface area (Å²) in [7, 11) is 1.65. The summed E-state index contributed by atoms with van der Waals surface area (Å²) in [5, 5.41) is 3.47. The number of hydrogen-bond acceptors (Lipinski definition) is 6. The number of rotatable bonds is 3. The van der Waals surface area contributed by atoms with Gasteiger partial charge in [-0.05, 0) is 37.5 Å². The van der Waals surface area contributed by atoms with Gasteiger partial charge in [-0.25, -0.2) is 4.98 Å². The molecule has 2 aromatic heterocycles. The summed E-state index contributed by atoms with van der Waals surface area (Å²) in [6.07, 6.45) is 9.13. The third kappa shape index (κ3) is 3.58. The van der Waals surface area contributed by atoms with Crippen molar-refractivity contribution in [1.82, 2.24) is 14.3 Å². The second-order valence-electron chi connectivity index (χ2n) is 7.33. The van der Waals surface area contributed by atoms with E-state index in [1.165, 1.54) is 35.9 Å². The number of nitrogens with zero attached hydrogens (tertiary/aromatic N) is 3. The topological polar surface area (TPSA) is 66.7 Å². The molecule has 0 radical (unpaired) electrons. The molecule has 28 heavy (non-hydrogen) atoms. The Morgan fingerprint density at radius 3 is 2.68 bits per heavy atom. The molecule has 2 aliphatic rings. The van der Waals surface area contributed by atoms with E-state index in [1.54, 1.807) is 23.7 Å². The third-order valence-corrected chi connectivity index (χ3v) is 6.70. The lowest BCUT2D eigenvalue weighted by atomic mass is 9.95. The number of thioether (sulfide) groups is 1. The van der Waals surface area contributed by atoms with E-state index in [1.807, 2.05) is 19.1 Å². The van der Waals surface area contributed by atoms with Crippen LogP contribution in [0.15, 0.2) is 28.0 Å². The second-order valence-corrected chi connectivity index (χ2v) is 9.01.